The molecule has 1 aromatic carbocycles. The van der Waals surface area contributed by atoms with Crippen molar-refractivity contribution in [1.29, 1.82) is 0 Å². The van der Waals surface area contributed by atoms with Gasteiger partial charge in [0.2, 0.25) is 0 Å². The first kappa shape index (κ1) is 18.5. The number of ether oxygens (including phenoxy) is 1. The summed E-state index contributed by atoms with van der Waals surface area (Å²) in [6.07, 6.45) is 3.30. The average Bonchev–Trinajstić information content (AvgIpc) is 2.68. The molecule has 0 saturated carbocycles. The summed E-state index contributed by atoms with van der Waals surface area (Å²) >= 11 is 1.37. The van der Waals surface area contributed by atoms with Crippen molar-refractivity contribution in [2.45, 2.75) is 32.7 Å². The Bertz CT molecular complexity index is 675. The van der Waals surface area contributed by atoms with Crippen molar-refractivity contribution in [3.63, 3.8) is 0 Å². The van der Waals surface area contributed by atoms with Crippen molar-refractivity contribution in [1.82, 2.24) is 9.47 Å². The van der Waals surface area contributed by atoms with E-state index in [0.29, 0.717) is 0 Å². The molecule has 0 radical (unpaired) electrons. The maximum Gasteiger partial charge on any atom is 0.308 e. The van der Waals surface area contributed by atoms with E-state index in [4.69, 9.17) is 4.74 Å². The molecule has 0 N–H and O–H groups in total. The molecule has 0 spiro atoms. The van der Waals surface area contributed by atoms with Gasteiger partial charge in [0.25, 0.3) is 0 Å². The van der Waals surface area contributed by atoms with E-state index in [1.807, 2.05) is 4.57 Å². The number of thiazole rings is 1. The summed E-state index contributed by atoms with van der Waals surface area (Å²) in [4.78, 5) is 14.8. The van der Waals surface area contributed by atoms with Gasteiger partial charge >= 0.3 is 4.87 Å². The lowest BCUT2D eigenvalue weighted by Crippen LogP contribution is -2.31. The molecule has 1 aliphatic rings. The molecule has 1 aromatic heterocycles. The second-order valence-electron chi connectivity index (χ2n) is 5.88. The molecule has 1 aliphatic heterocycles. The first-order chi connectivity index (χ1) is 10.8. The van der Waals surface area contributed by atoms with Gasteiger partial charge in [-0.3, -0.25) is 14.3 Å². The molecule has 2 heterocycles. The van der Waals surface area contributed by atoms with Crippen LogP contribution in [0.4, 0.5) is 0 Å². The van der Waals surface area contributed by atoms with Crippen molar-refractivity contribution < 1.29 is 4.74 Å². The number of halogens is 1. The van der Waals surface area contributed by atoms with E-state index in [0.717, 1.165) is 68.9 Å². The Kier molecular flexibility index (Phi) is 7.09. The van der Waals surface area contributed by atoms with Gasteiger partial charge in [-0.15, -0.1) is 12.4 Å². The predicted molar refractivity (Wildman–Crippen MR) is 99.2 cm³/mol. The molecule has 6 heteroatoms. The maximum absolute atomic E-state index is 12.3. The topological polar surface area (TPSA) is 34.5 Å². The third-order valence-corrected chi connectivity index (χ3v) is 5.17. The van der Waals surface area contributed by atoms with Crippen LogP contribution in [0.15, 0.2) is 23.0 Å². The fraction of sp³-hybridized carbons (Fsp3) is 0.588. The smallest absolute Gasteiger partial charge is 0.308 e. The molecule has 1 saturated heterocycles. The van der Waals surface area contributed by atoms with Crippen molar-refractivity contribution >= 4 is 34.0 Å². The Hall–Kier alpha value is -0.880. The minimum Gasteiger partial charge on any atom is -0.380 e. The van der Waals surface area contributed by atoms with Gasteiger partial charge in [-0.2, -0.15) is 0 Å². The highest BCUT2D eigenvalue weighted by atomic mass is 35.5. The Balaban J connectivity index is 0.00000192. The van der Waals surface area contributed by atoms with E-state index >= 15 is 0 Å². The van der Waals surface area contributed by atoms with Gasteiger partial charge in [-0.05, 0) is 30.5 Å². The first-order valence-electron chi connectivity index (χ1n) is 8.20. The molecule has 1 fully saturated rings. The minimum absolute atomic E-state index is 0. The zero-order chi connectivity index (χ0) is 15.4. The van der Waals surface area contributed by atoms with Crippen LogP contribution >= 0.6 is 23.7 Å². The maximum atomic E-state index is 12.3. The number of aromatic nitrogens is 1. The summed E-state index contributed by atoms with van der Waals surface area (Å²) in [6, 6.07) is 6.46. The van der Waals surface area contributed by atoms with Crippen LogP contribution < -0.4 is 4.87 Å². The van der Waals surface area contributed by atoms with Crippen molar-refractivity contribution in [3.05, 3.63) is 33.4 Å². The number of hydrogen-bond donors (Lipinski definition) is 0. The molecule has 3 rings (SSSR count). The molecular formula is C17H25ClN2O2S. The Morgan fingerprint density at radius 3 is 2.91 bits per heavy atom. The van der Waals surface area contributed by atoms with E-state index in [1.165, 1.54) is 16.9 Å². The van der Waals surface area contributed by atoms with Crippen molar-refractivity contribution in [3.8, 4) is 0 Å². The fourth-order valence-corrected chi connectivity index (χ4v) is 4.01. The zero-order valence-corrected chi connectivity index (χ0v) is 15.3. The third kappa shape index (κ3) is 4.57. The molecule has 0 unspecified atom stereocenters. The molecule has 0 amide bonds. The molecule has 2 aromatic rings. The molecule has 0 atom stereocenters. The number of hydrogen-bond acceptors (Lipinski definition) is 4. The van der Waals surface area contributed by atoms with Gasteiger partial charge in [0.1, 0.15) is 0 Å². The van der Waals surface area contributed by atoms with Gasteiger partial charge in [-0.1, -0.05) is 30.7 Å². The van der Waals surface area contributed by atoms with Gasteiger partial charge in [0, 0.05) is 32.8 Å². The van der Waals surface area contributed by atoms with Crippen LogP contribution in [0.1, 0.15) is 25.3 Å². The number of benzene rings is 1. The normalized spacial score (nSPS) is 16.2. The van der Waals surface area contributed by atoms with E-state index in [-0.39, 0.29) is 17.3 Å². The van der Waals surface area contributed by atoms with Gasteiger partial charge in [0.05, 0.1) is 16.8 Å². The minimum atomic E-state index is 0. The monoisotopic (exact) mass is 356 g/mol. The molecule has 128 valence electrons. The van der Waals surface area contributed by atoms with Crippen LogP contribution in [0.2, 0.25) is 0 Å². The van der Waals surface area contributed by atoms with E-state index < -0.39 is 0 Å². The highest BCUT2D eigenvalue weighted by Gasteiger charge is 2.12. The summed E-state index contributed by atoms with van der Waals surface area (Å²) in [7, 11) is 0. The van der Waals surface area contributed by atoms with E-state index in [9.17, 15) is 4.79 Å². The molecule has 4 nitrogen and oxygen atoms in total. The standard InChI is InChI=1S/C17H24N2O2S.ClH/c1-2-4-14-5-6-15-16(13-14)22-17(20)19(15)9-8-18-7-3-11-21-12-10-18;/h5-6,13H,2-4,7-12H2,1H3;1H. The van der Waals surface area contributed by atoms with Crippen LogP contribution in [0.25, 0.3) is 10.2 Å². The summed E-state index contributed by atoms with van der Waals surface area (Å²) in [6.45, 7) is 7.58. The van der Waals surface area contributed by atoms with Crippen LogP contribution in [0, 0.1) is 0 Å². The lowest BCUT2D eigenvalue weighted by atomic mass is 10.1. The SMILES string of the molecule is CCCc1ccc2c(c1)sc(=O)n2CCN1CCCOCC1.Cl. The lowest BCUT2D eigenvalue weighted by Gasteiger charge is -2.19. The zero-order valence-electron chi connectivity index (χ0n) is 13.6. The number of rotatable bonds is 5. The van der Waals surface area contributed by atoms with Gasteiger partial charge < -0.3 is 4.74 Å². The number of nitrogens with zero attached hydrogens (tertiary/aromatic N) is 2. The van der Waals surface area contributed by atoms with Gasteiger partial charge in [0.15, 0.2) is 0 Å². The first-order valence-corrected chi connectivity index (χ1v) is 9.02. The highest BCUT2D eigenvalue weighted by molar-refractivity contribution is 7.16. The second-order valence-corrected chi connectivity index (χ2v) is 6.87. The summed E-state index contributed by atoms with van der Waals surface area (Å²) in [5.74, 6) is 0. The largest absolute Gasteiger partial charge is 0.380 e. The highest BCUT2D eigenvalue weighted by Crippen LogP contribution is 2.20. The quantitative estimate of drug-likeness (QED) is 0.825. The Morgan fingerprint density at radius 2 is 2.09 bits per heavy atom. The molecule has 23 heavy (non-hydrogen) atoms. The predicted octanol–water partition coefficient (Wildman–Crippen LogP) is 3.16. The van der Waals surface area contributed by atoms with Gasteiger partial charge in [-0.25, -0.2) is 0 Å². The Morgan fingerprint density at radius 1 is 1.22 bits per heavy atom. The summed E-state index contributed by atoms with van der Waals surface area (Å²) < 4.78 is 8.54. The van der Waals surface area contributed by atoms with Crippen LogP contribution in [-0.4, -0.2) is 42.3 Å². The Labute approximate surface area is 147 Å². The van der Waals surface area contributed by atoms with Crippen molar-refractivity contribution in [2.24, 2.45) is 0 Å². The molecular weight excluding hydrogens is 332 g/mol. The van der Waals surface area contributed by atoms with E-state index in [2.05, 4.69) is 30.0 Å². The van der Waals surface area contributed by atoms with Crippen molar-refractivity contribution in [2.75, 3.05) is 32.8 Å². The lowest BCUT2D eigenvalue weighted by molar-refractivity contribution is 0.141. The number of aryl methyl sites for hydroxylation is 1. The number of fused-ring (bicyclic) bond motifs is 1. The molecule has 0 aliphatic carbocycles. The second kappa shape index (κ2) is 8.83. The fourth-order valence-electron chi connectivity index (χ4n) is 3.03. The van der Waals surface area contributed by atoms with E-state index in [1.54, 1.807) is 0 Å². The molecule has 0 bridgehead atoms. The van der Waals surface area contributed by atoms with Crippen LogP contribution in [0.5, 0.6) is 0 Å². The summed E-state index contributed by atoms with van der Waals surface area (Å²) in [5.41, 5.74) is 2.41. The average molecular weight is 357 g/mol. The third-order valence-electron chi connectivity index (χ3n) is 4.23. The summed E-state index contributed by atoms with van der Waals surface area (Å²) in [5, 5.41) is 0. The van der Waals surface area contributed by atoms with Crippen LogP contribution in [-0.2, 0) is 17.7 Å². The van der Waals surface area contributed by atoms with Crippen LogP contribution in [0.3, 0.4) is 0 Å².